The number of hydrazine groups is 1. The number of amides is 1. The highest BCUT2D eigenvalue weighted by molar-refractivity contribution is 5.88. The fourth-order valence-corrected chi connectivity index (χ4v) is 2.06. The number of fused-ring (bicyclic) bond motifs is 1. The number of non-ortho nitro benzene ring substituents is 1. The molecule has 0 atom stereocenters. The van der Waals surface area contributed by atoms with E-state index in [1.807, 2.05) is 12.1 Å². The fraction of sp³-hybridized carbons (Fsp3) is 0.250. The van der Waals surface area contributed by atoms with E-state index in [0.717, 1.165) is 5.39 Å². The molecule has 0 aliphatic heterocycles. The summed E-state index contributed by atoms with van der Waals surface area (Å²) >= 11 is 0. The first kappa shape index (κ1) is 13.0. The maximum atomic E-state index is 11.0. The molecule has 0 fully saturated rings. The van der Waals surface area contributed by atoms with Gasteiger partial charge in [-0.2, -0.15) is 0 Å². The number of aromatic nitrogens is 1. The average Bonchev–Trinajstić information content (AvgIpc) is 2.81. The minimum Gasteiger partial charge on any atom is -0.342 e. The zero-order valence-electron chi connectivity index (χ0n) is 10.2. The third-order valence-corrected chi connectivity index (χ3v) is 2.93. The van der Waals surface area contributed by atoms with E-state index in [0.29, 0.717) is 18.5 Å². The molecule has 0 aliphatic carbocycles. The third-order valence-electron chi connectivity index (χ3n) is 2.93. The summed E-state index contributed by atoms with van der Waals surface area (Å²) in [7, 11) is 0. The Balaban J connectivity index is 2.24. The summed E-state index contributed by atoms with van der Waals surface area (Å²) < 4.78 is 1.79. The lowest BCUT2D eigenvalue weighted by molar-refractivity contribution is -0.383. The van der Waals surface area contributed by atoms with Gasteiger partial charge in [-0.05, 0) is 12.5 Å². The van der Waals surface area contributed by atoms with Crippen LogP contribution in [-0.2, 0) is 11.3 Å². The van der Waals surface area contributed by atoms with Crippen molar-refractivity contribution in [2.45, 2.75) is 19.4 Å². The molecule has 3 N–H and O–H groups in total. The van der Waals surface area contributed by atoms with E-state index in [1.165, 1.54) is 6.07 Å². The van der Waals surface area contributed by atoms with Crippen molar-refractivity contribution < 1.29 is 9.72 Å². The van der Waals surface area contributed by atoms with Crippen LogP contribution < -0.4 is 11.3 Å². The highest BCUT2D eigenvalue weighted by Gasteiger charge is 2.15. The van der Waals surface area contributed by atoms with Gasteiger partial charge in [-0.1, -0.05) is 12.1 Å². The third kappa shape index (κ3) is 2.71. The minimum atomic E-state index is -0.397. The summed E-state index contributed by atoms with van der Waals surface area (Å²) in [6.07, 6.45) is 2.65. The summed E-state index contributed by atoms with van der Waals surface area (Å²) in [4.78, 5) is 21.6. The number of benzene rings is 1. The number of nitro benzene ring substituents is 1. The van der Waals surface area contributed by atoms with Crippen molar-refractivity contribution in [1.82, 2.24) is 9.99 Å². The molecule has 100 valence electrons. The normalized spacial score (nSPS) is 10.6. The number of para-hydroxylation sites is 1. The molecule has 0 saturated heterocycles. The van der Waals surface area contributed by atoms with Crippen LogP contribution in [-0.4, -0.2) is 15.4 Å². The van der Waals surface area contributed by atoms with Crippen LogP contribution >= 0.6 is 0 Å². The summed E-state index contributed by atoms with van der Waals surface area (Å²) in [6, 6.07) is 6.79. The standard InChI is InChI=1S/C12H14N4O3/c13-14-11(17)5-2-7-15-8-6-9-3-1-4-10(12(9)15)16(18)19/h1,3-4,6,8H,2,5,7,13H2,(H,14,17). The van der Waals surface area contributed by atoms with Crippen molar-refractivity contribution >= 4 is 22.5 Å². The van der Waals surface area contributed by atoms with Gasteiger partial charge in [0.25, 0.3) is 5.69 Å². The number of rotatable bonds is 5. The van der Waals surface area contributed by atoms with Crippen LogP contribution in [0.25, 0.3) is 10.9 Å². The molecule has 19 heavy (non-hydrogen) atoms. The number of nitrogens with two attached hydrogens (primary N) is 1. The van der Waals surface area contributed by atoms with E-state index >= 15 is 0 Å². The zero-order chi connectivity index (χ0) is 13.8. The van der Waals surface area contributed by atoms with Gasteiger partial charge in [-0.15, -0.1) is 0 Å². The largest absolute Gasteiger partial charge is 0.342 e. The first-order chi connectivity index (χ1) is 9.13. The number of carbonyl (C=O) groups is 1. The van der Waals surface area contributed by atoms with Crippen LogP contribution in [0.1, 0.15) is 12.8 Å². The van der Waals surface area contributed by atoms with Crippen LogP contribution in [0, 0.1) is 10.1 Å². The summed E-state index contributed by atoms with van der Waals surface area (Å²) in [5.74, 6) is 4.75. The van der Waals surface area contributed by atoms with Crippen LogP contribution in [0.2, 0.25) is 0 Å². The van der Waals surface area contributed by atoms with Crippen molar-refractivity contribution in [2.24, 2.45) is 5.84 Å². The maximum absolute atomic E-state index is 11.0. The Labute approximate surface area is 109 Å². The monoisotopic (exact) mass is 262 g/mol. The molecule has 1 amide bonds. The van der Waals surface area contributed by atoms with Gasteiger partial charge >= 0.3 is 0 Å². The van der Waals surface area contributed by atoms with Crippen molar-refractivity contribution in [1.29, 1.82) is 0 Å². The molecule has 1 aromatic carbocycles. The Hall–Kier alpha value is -2.41. The molecule has 0 saturated carbocycles. The van der Waals surface area contributed by atoms with Crippen LogP contribution in [0.3, 0.4) is 0 Å². The Morgan fingerprint density at radius 2 is 2.21 bits per heavy atom. The van der Waals surface area contributed by atoms with Crippen molar-refractivity contribution in [3.8, 4) is 0 Å². The van der Waals surface area contributed by atoms with Gasteiger partial charge in [0.1, 0.15) is 5.52 Å². The van der Waals surface area contributed by atoms with E-state index in [2.05, 4.69) is 5.43 Å². The van der Waals surface area contributed by atoms with Gasteiger partial charge in [-0.3, -0.25) is 20.3 Å². The lowest BCUT2D eigenvalue weighted by atomic mass is 10.2. The second-order valence-electron chi connectivity index (χ2n) is 4.15. The first-order valence-corrected chi connectivity index (χ1v) is 5.85. The fourth-order valence-electron chi connectivity index (χ4n) is 2.06. The van der Waals surface area contributed by atoms with Gasteiger partial charge in [-0.25, -0.2) is 5.84 Å². The molecule has 0 spiro atoms. The smallest absolute Gasteiger partial charge is 0.293 e. The predicted molar refractivity (Wildman–Crippen MR) is 70.2 cm³/mol. The number of nitrogens with one attached hydrogen (secondary N) is 1. The summed E-state index contributed by atoms with van der Waals surface area (Å²) in [6.45, 7) is 0.530. The first-order valence-electron chi connectivity index (χ1n) is 5.85. The van der Waals surface area contributed by atoms with Gasteiger partial charge in [0.15, 0.2) is 0 Å². The van der Waals surface area contributed by atoms with E-state index in [-0.39, 0.29) is 18.0 Å². The molecule has 2 aromatic rings. The molecule has 1 heterocycles. The number of aryl methyl sites for hydroxylation is 1. The lowest BCUT2D eigenvalue weighted by Crippen LogP contribution is -2.29. The van der Waals surface area contributed by atoms with Crippen molar-refractivity contribution in [3.05, 3.63) is 40.6 Å². The number of nitro groups is 1. The van der Waals surface area contributed by atoms with E-state index in [1.54, 1.807) is 16.8 Å². The number of hydrogen-bond acceptors (Lipinski definition) is 4. The number of hydrogen-bond donors (Lipinski definition) is 2. The quantitative estimate of drug-likeness (QED) is 0.367. The molecular weight excluding hydrogens is 248 g/mol. The molecule has 0 bridgehead atoms. The molecule has 0 radical (unpaired) electrons. The molecule has 2 rings (SSSR count). The van der Waals surface area contributed by atoms with Gasteiger partial charge < -0.3 is 4.57 Å². The maximum Gasteiger partial charge on any atom is 0.293 e. The molecule has 7 nitrogen and oxygen atoms in total. The summed E-state index contributed by atoms with van der Waals surface area (Å²) in [5, 5.41) is 11.8. The Kier molecular flexibility index (Phi) is 3.76. The van der Waals surface area contributed by atoms with Gasteiger partial charge in [0, 0.05) is 30.6 Å². The second kappa shape index (κ2) is 5.49. The highest BCUT2D eigenvalue weighted by atomic mass is 16.6. The molecule has 0 unspecified atom stereocenters. The summed E-state index contributed by atoms with van der Waals surface area (Å²) in [5.41, 5.74) is 2.71. The lowest BCUT2D eigenvalue weighted by Gasteiger charge is -2.05. The van der Waals surface area contributed by atoms with Gasteiger partial charge in [0.05, 0.1) is 4.92 Å². The second-order valence-corrected chi connectivity index (χ2v) is 4.15. The Morgan fingerprint density at radius 3 is 2.89 bits per heavy atom. The SMILES string of the molecule is NNC(=O)CCCn1ccc2cccc([N+](=O)[O-])c21. The van der Waals surface area contributed by atoms with Crippen LogP contribution in [0.4, 0.5) is 5.69 Å². The molecule has 7 heteroatoms. The van der Waals surface area contributed by atoms with Crippen molar-refractivity contribution in [2.75, 3.05) is 0 Å². The van der Waals surface area contributed by atoms with E-state index in [9.17, 15) is 14.9 Å². The number of nitrogens with zero attached hydrogens (tertiary/aromatic N) is 2. The highest BCUT2D eigenvalue weighted by Crippen LogP contribution is 2.26. The van der Waals surface area contributed by atoms with E-state index < -0.39 is 4.92 Å². The van der Waals surface area contributed by atoms with E-state index in [4.69, 9.17) is 5.84 Å². The Morgan fingerprint density at radius 1 is 1.42 bits per heavy atom. The van der Waals surface area contributed by atoms with Gasteiger partial charge in [0.2, 0.25) is 5.91 Å². The molecular formula is C12H14N4O3. The van der Waals surface area contributed by atoms with Crippen LogP contribution in [0.5, 0.6) is 0 Å². The average molecular weight is 262 g/mol. The van der Waals surface area contributed by atoms with Crippen molar-refractivity contribution in [3.63, 3.8) is 0 Å². The molecule has 0 aliphatic rings. The topological polar surface area (TPSA) is 103 Å². The number of carbonyl (C=O) groups excluding carboxylic acids is 1. The Bertz CT molecular complexity index is 620. The minimum absolute atomic E-state index is 0.0748. The zero-order valence-corrected chi connectivity index (χ0v) is 10.2. The predicted octanol–water partition coefficient (Wildman–Crippen LogP) is 1.32. The van der Waals surface area contributed by atoms with Crippen LogP contribution in [0.15, 0.2) is 30.5 Å². The molecule has 1 aromatic heterocycles.